The van der Waals surface area contributed by atoms with Crippen LogP contribution in [0.15, 0.2) is 30.5 Å². The van der Waals surface area contributed by atoms with Crippen LogP contribution in [0.1, 0.15) is 68.4 Å². The normalized spacial score (nSPS) is 41.4. The fourth-order valence-electron chi connectivity index (χ4n) is 7.93. The van der Waals surface area contributed by atoms with Crippen molar-refractivity contribution in [1.29, 1.82) is 0 Å². The predicted octanol–water partition coefficient (Wildman–Crippen LogP) is 4.13. The van der Waals surface area contributed by atoms with Gasteiger partial charge in [0.25, 0.3) is 5.91 Å². The molecule has 1 aliphatic heterocycles. The molecule has 5 nitrogen and oxygen atoms in total. The molecule has 2 heterocycles. The summed E-state index contributed by atoms with van der Waals surface area (Å²) in [5.41, 5.74) is 1.69. The standard InChI is InChI=1S/C26H35N3O2/c1-16-6-5-15-27-23(16)24(31)28-20-9-8-18-17-7-10-21-26(3,14-12-22(30)29(21)4)19(17)11-13-25(18,20)2/h5-6,12,14-15,17-21H,7-11,13H2,1-4H3,(H,28,31)/t17-,18-,19-,20-,21+,25-,26+/m0/s1. The summed E-state index contributed by atoms with van der Waals surface area (Å²) in [6.45, 7) is 6.75. The summed E-state index contributed by atoms with van der Waals surface area (Å²) >= 11 is 0. The summed E-state index contributed by atoms with van der Waals surface area (Å²) in [6, 6.07) is 4.36. The van der Waals surface area contributed by atoms with Crippen molar-refractivity contribution in [3.8, 4) is 0 Å². The molecule has 3 fully saturated rings. The van der Waals surface area contributed by atoms with E-state index in [9.17, 15) is 9.59 Å². The average molecular weight is 422 g/mol. The molecule has 5 rings (SSSR count). The Hall–Kier alpha value is -2.17. The Kier molecular flexibility index (Phi) is 4.80. The quantitative estimate of drug-likeness (QED) is 0.781. The van der Waals surface area contributed by atoms with Gasteiger partial charge in [-0.2, -0.15) is 0 Å². The highest BCUT2D eigenvalue weighted by Gasteiger charge is 2.60. The molecule has 31 heavy (non-hydrogen) atoms. The number of carbonyl (C=O) groups is 2. The largest absolute Gasteiger partial charge is 0.347 e. The van der Waals surface area contributed by atoms with Gasteiger partial charge in [-0.1, -0.05) is 26.0 Å². The van der Waals surface area contributed by atoms with Gasteiger partial charge < -0.3 is 10.2 Å². The first-order valence-electron chi connectivity index (χ1n) is 11.9. The zero-order valence-corrected chi connectivity index (χ0v) is 19.2. The summed E-state index contributed by atoms with van der Waals surface area (Å²) in [4.78, 5) is 31.6. The van der Waals surface area contributed by atoms with E-state index < -0.39 is 0 Å². The molecule has 0 bridgehead atoms. The van der Waals surface area contributed by atoms with Crippen molar-refractivity contribution in [2.24, 2.45) is 28.6 Å². The molecule has 7 atom stereocenters. The minimum Gasteiger partial charge on any atom is -0.347 e. The number of nitrogens with zero attached hydrogens (tertiary/aromatic N) is 2. The maximum Gasteiger partial charge on any atom is 0.270 e. The van der Waals surface area contributed by atoms with E-state index in [1.165, 1.54) is 19.3 Å². The monoisotopic (exact) mass is 421 g/mol. The molecule has 1 aromatic rings. The van der Waals surface area contributed by atoms with E-state index in [1.807, 2.05) is 31.0 Å². The van der Waals surface area contributed by atoms with Crippen LogP contribution in [0.5, 0.6) is 0 Å². The van der Waals surface area contributed by atoms with Crippen molar-refractivity contribution in [3.63, 3.8) is 0 Å². The highest BCUT2D eigenvalue weighted by atomic mass is 16.2. The molecule has 4 aliphatic rings. The Labute approximate surface area is 185 Å². The maximum atomic E-state index is 13.0. The molecular weight excluding hydrogens is 386 g/mol. The summed E-state index contributed by atoms with van der Waals surface area (Å²) in [7, 11) is 1.97. The molecule has 2 amide bonds. The number of aromatic nitrogens is 1. The van der Waals surface area contributed by atoms with E-state index >= 15 is 0 Å². The Morgan fingerprint density at radius 3 is 2.74 bits per heavy atom. The van der Waals surface area contributed by atoms with E-state index in [2.05, 4.69) is 30.2 Å². The van der Waals surface area contributed by atoms with E-state index in [1.54, 1.807) is 12.3 Å². The second kappa shape index (κ2) is 7.18. The van der Waals surface area contributed by atoms with E-state index in [0.717, 1.165) is 24.8 Å². The minimum atomic E-state index is -0.0295. The third kappa shape index (κ3) is 2.99. The van der Waals surface area contributed by atoms with Crippen LogP contribution in [-0.2, 0) is 4.79 Å². The van der Waals surface area contributed by atoms with E-state index in [0.29, 0.717) is 29.5 Å². The number of nitrogens with one attached hydrogen (secondary N) is 1. The van der Waals surface area contributed by atoms with Crippen molar-refractivity contribution < 1.29 is 9.59 Å². The van der Waals surface area contributed by atoms with Crippen molar-refractivity contribution in [1.82, 2.24) is 15.2 Å². The van der Waals surface area contributed by atoms with Crippen LogP contribution < -0.4 is 5.32 Å². The molecule has 0 spiro atoms. The fourth-order valence-corrected chi connectivity index (χ4v) is 7.93. The molecule has 3 aliphatic carbocycles. The molecule has 166 valence electrons. The predicted molar refractivity (Wildman–Crippen MR) is 120 cm³/mol. The van der Waals surface area contributed by atoms with Crippen molar-refractivity contribution >= 4 is 11.8 Å². The maximum absolute atomic E-state index is 13.0. The zero-order chi connectivity index (χ0) is 22.0. The highest BCUT2D eigenvalue weighted by Crippen LogP contribution is 2.63. The van der Waals surface area contributed by atoms with E-state index in [4.69, 9.17) is 0 Å². The minimum absolute atomic E-state index is 0.0295. The van der Waals surface area contributed by atoms with Crippen LogP contribution in [0, 0.1) is 35.5 Å². The Morgan fingerprint density at radius 1 is 1.16 bits per heavy atom. The van der Waals surface area contributed by atoms with Crippen LogP contribution in [0.25, 0.3) is 0 Å². The molecule has 5 heteroatoms. The number of pyridine rings is 1. The number of fused-ring (bicyclic) bond motifs is 5. The Morgan fingerprint density at radius 2 is 1.97 bits per heavy atom. The van der Waals surface area contributed by atoms with Gasteiger partial charge in [0.1, 0.15) is 5.69 Å². The molecular formula is C26H35N3O2. The number of aryl methyl sites for hydroxylation is 1. The molecule has 1 aromatic heterocycles. The van der Waals surface area contributed by atoms with Crippen LogP contribution in [0.3, 0.4) is 0 Å². The summed E-state index contributed by atoms with van der Waals surface area (Å²) in [5, 5.41) is 3.38. The molecule has 0 unspecified atom stereocenters. The van der Waals surface area contributed by atoms with Crippen LogP contribution in [0.2, 0.25) is 0 Å². The van der Waals surface area contributed by atoms with Crippen molar-refractivity contribution in [2.45, 2.75) is 71.4 Å². The lowest BCUT2D eigenvalue weighted by Gasteiger charge is -2.60. The number of rotatable bonds is 2. The first-order chi connectivity index (χ1) is 14.8. The van der Waals surface area contributed by atoms with Gasteiger partial charge in [-0.05, 0) is 86.3 Å². The Bertz CT molecular complexity index is 942. The summed E-state index contributed by atoms with van der Waals surface area (Å²) in [6.07, 6.45) is 12.6. The number of likely N-dealkylation sites (N-methyl/N-ethyl adjacent to an activating group) is 1. The highest BCUT2D eigenvalue weighted by molar-refractivity contribution is 5.93. The van der Waals surface area contributed by atoms with Crippen molar-refractivity contribution in [3.05, 3.63) is 41.7 Å². The SMILES string of the molecule is Cc1cccnc1C(=O)N[C@H]1CC[C@H]2[C@@H]3CC[C@H]4N(C)C(=O)C=C[C@]4(C)[C@H]3CC[C@]12C. The van der Waals surface area contributed by atoms with Gasteiger partial charge in [0.2, 0.25) is 5.91 Å². The van der Waals surface area contributed by atoms with Gasteiger partial charge in [0.15, 0.2) is 0 Å². The zero-order valence-electron chi connectivity index (χ0n) is 19.2. The van der Waals surface area contributed by atoms with Crippen LogP contribution in [0.4, 0.5) is 0 Å². The van der Waals surface area contributed by atoms with Gasteiger partial charge in [-0.15, -0.1) is 0 Å². The molecule has 0 saturated heterocycles. The van der Waals surface area contributed by atoms with Gasteiger partial charge in [-0.25, -0.2) is 0 Å². The first kappa shape index (κ1) is 20.7. The van der Waals surface area contributed by atoms with Gasteiger partial charge in [0, 0.05) is 30.7 Å². The van der Waals surface area contributed by atoms with Gasteiger partial charge in [-0.3, -0.25) is 14.6 Å². The molecule has 1 N–H and O–H groups in total. The van der Waals surface area contributed by atoms with Crippen LogP contribution >= 0.6 is 0 Å². The lowest BCUT2D eigenvalue weighted by Crippen LogP contribution is -2.60. The number of carbonyl (C=O) groups excluding carboxylic acids is 2. The number of amides is 2. The first-order valence-corrected chi connectivity index (χ1v) is 11.9. The number of hydrogen-bond acceptors (Lipinski definition) is 3. The smallest absolute Gasteiger partial charge is 0.270 e. The lowest BCUT2D eigenvalue weighted by atomic mass is 9.48. The van der Waals surface area contributed by atoms with Gasteiger partial charge in [0.05, 0.1) is 0 Å². The lowest BCUT2D eigenvalue weighted by molar-refractivity contribution is -0.138. The summed E-state index contributed by atoms with van der Waals surface area (Å²) < 4.78 is 0. The third-order valence-electron chi connectivity index (χ3n) is 9.66. The average Bonchev–Trinajstić information content (AvgIpc) is 3.07. The number of hydrogen-bond donors (Lipinski definition) is 1. The molecule has 0 aromatic carbocycles. The van der Waals surface area contributed by atoms with Crippen molar-refractivity contribution in [2.75, 3.05) is 7.05 Å². The fraction of sp³-hybridized carbons (Fsp3) is 0.654. The summed E-state index contributed by atoms with van der Waals surface area (Å²) in [5.74, 6) is 2.04. The third-order valence-corrected chi connectivity index (χ3v) is 9.66. The Balaban J connectivity index is 1.37. The second-order valence-electron chi connectivity index (χ2n) is 10.9. The topological polar surface area (TPSA) is 62.3 Å². The molecule has 3 saturated carbocycles. The van der Waals surface area contributed by atoms with E-state index in [-0.39, 0.29) is 28.7 Å². The van der Waals surface area contributed by atoms with Crippen LogP contribution in [-0.4, -0.2) is 40.8 Å². The molecule has 0 radical (unpaired) electrons. The van der Waals surface area contributed by atoms with Gasteiger partial charge >= 0.3 is 0 Å². The second-order valence-corrected chi connectivity index (χ2v) is 10.9.